The zero-order valence-electron chi connectivity index (χ0n) is 71.3. The van der Waals surface area contributed by atoms with Crippen LogP contribution in [0.3, 0.4) is 0 Å². The van der Waals surface area contributed by atoms with E-state index in [-0.39, 0.29) is 56.4 Å². The highest BCUT2D eigenvalue weighted by atomic mass is 32.2. The first-order chi connectivity index (χ1) is 58.7. The number of amides is 15. The lowest BCUT2D eigenvalue weighted by atomic mass is 9.98. The Morgan fingerprint density at radius 2 is 0.871 bits per heavy atom. The van der Waals surface area contributed by atoms with Gasteiger partial charge >= 0.3 is 11.9 Å². The normalized spacial score (nSPS) is 22.2. The van der Waals surface area contributed by atoms with Crippen molar-refractivity contribution in [2.45, 2.75) is 178 Å². The molecule has 11 unspecified atom stereocenters. The number of phenols is 2. The second-order valence-corrected chi connectivity index (χ2v) is 32.5. The quantitative estimate of drug-likeness (QED) is 0.0399. The summed E-state index contributed by atoms with van der Waals surface area (Å²) >= 11 is 0.798. The Balaban J connectivity index is 1.47. The van der Waals surface area contributed by atoms with Gasteiger partial charge in [-0.1, -0.05) is 163 Å². The lowest BCUT2D eigenvalue weighted by Crippen LogP contribution is -2.61. The second-order valence-electron chi connectivity index (χ2n) is 31.4. The molecule has 0 radical (unpaired) electrons. The van der Waals surface area contributed by atoms with Gasteiger partial charge in [0, 0.05) is 79.5 Å². The number of carboxylic acids is 2. The van der Waals surface area contributed by atoms with Crippen molar-refractivity contribution < 1.29 is 102 Å². The average Bonchev–Trinajstić information content (AvgIpc) is 0.992. The molecule has 1 saturated heterocycles. The van der Waals surface area contributed by atoms with E-state index in [4.69, 9.17) is 5.73 Å². The van der Waals surface area contributed by atoms with Gasteiger partial charge in [0.25, 0.3) is 0 Å². The molecule has 6 rings (SSSR count). The molecule has 1 heterocycles. The van der Waals surface area contributed by atoms with Crippen LogP contribution in [-0.4, -0.2) is 278 Å². The third-order valence-electron chi connectivity index (χ3n) is 20.6. The number of phenolic OH excluding ortho intramolecular Hbond substituents is 2. The molecular formula is C87H115N15O21S. The fourth-order valence-electron chi connectivity index (χ4n) is 13.8. The van der Waals surface area contributed by atoms with E-state index in [1.807, 2.05) is 6.92 Å². The average molecular weight is 1740 g/mol. The van der Waals surface area contributed by atoms with E-state index in [1.165, 1.54) is 97.6 Å². The van der Waals surface area contributed by atoms with Gasteiger partial charge in [-0.2, -0.15) is 0 Å². The van der Waals surface area contributed by atoms with Crippen molar-refractivity contribution in [3.63, 3.8) is 0 Å². The summed E-state index contributed by atoms with van der Waals surface area (Å²) < 4.78 is 0. The molecule has 1 aliphatic rings. The number of aromatic hydroxyl groups is 2. The molecular weight excluding hydrogens is 1620 g/mol. The molecule has 15 amide bonds. The number of nitrogens with two attached hydrogens (primary N) is 1. The lowest BCUT2D eigenvalue weighted by Gasteiger charge is -2.37. The standard InChI is InChI=1S/C87H115N15O21S/c1-11-12-28-67-85(121)99(7)48-72(107)91-63(45-75(111)112)81(117)97-76(52(4)5)87(123)101(9)68(43-54-24-18-14-19-25-54)82(118)95-64(42-57-31-35-59(104)36-32-57)83(119)98(6)47-71(106)90-60(37-38-74(109)110)78(114)94-62(40-56-29-33-58(103)34-30-56)80(116)93-61(39-51(2)3)79(115)96-66(77(113)89-46-70(88)105)49-124-50-73(108)92-65(41-53-22-16-13-17-23-53)84(120)102(10)69(86(122)100(67)8)44-55-26-20-15-21-27-55/h13-27,29-36,51-52,60-69,76,103-104H,11-12,28,37-50H2,1-10H3,(H2,88,105)(H,89,113)(H,90,106)(H,91,107)(H,92,108)(H,93,116)(H,94,114)(H,95,118)(H,96,115)(H,97,117)(H,109,110)(H,111,112). The summed E-state index contributed by atoms with van der Waals surface area (Å²) in [6, 6.07) is 19.0. The Morgan fingerprint density at radius 3 is 1.37 bits per heavy atom. The zero-order valence-corrected chi connectivity index (χ0v) is 72.1. The summed E-state index contributed by atoms with van der Waals surface area (Å²) in [6.07, 6.45) is -2.91. The van der Waals surface area contributed by atoms with Crippen LogP contribution in [0.4, 0.5) is 0 Å². The van der Waals surface area contributed by atoms with E-state index in [2.05, 4.69) is 47.9 Å². The SMILES string of the molecule is CCCCC1C(=O)N(C)CC(=O)NC(CC(=O)O)C(=O)NC(C(C)C)C(=O)N(C)C(Cc2ccccc2)C(=O)NC(Cc2ccc(O)cc2)C(=O)N(C)CC(=O)NC(CCC(=O)O)C(=O)NC(Cc2ccc(O)cc2)C(=O)NC(CC(C)C)C(=O)NC(C(=O)NCC(N)=O)CSCC(=O)NC(Cc2ccccc2)C(=O)N(C)C(Cc2ccccc2)C(=O)N1C. The van der Waals surface area contributed by atoms with E-state index < -0.39 is 229 Å². The Morgan fingerprint density at radius 1 is 0.444 bits per heavy atom. The first kappa shape index (κ1) is 99.9. The molecule has 11 atom stereocenters. The van der Waals surface area contributed by atoms with Crippen molar-refractivity contribution in [2.24, 2.45) is 17.6 Å². The molecule has 5 aromatic carbocycles. The van der Waals surface area contributed by atoms with Gasteiger partial charge in [0.2, 0.25) is 88.6 Å². The number of nitrogens with one attached hydrogen (secondary N) is 9. The summed E-state index contributed by atoms with van der Waals surface area (Å²) in [5, 5.41) is 63.7. The van der Waals surface area contributed by atoms with Crippen LogP contribution in [0.2, 0.25) is 0 Å². The number of unbranched alkanes of at least 4 members (excludes halogenated alkanes) is 1. The van der Waals surface area contributed by atoms with Crippen LogP contribution in [0.1, 0.15) is 107 Å². The first-order valence-corrected chi connectivity index (χ1v) is 41.8. The summed E-state index contributed by atoms with van der Waals surface area (Å²) in [5.74, 6) is -19.8. The van der Waals surface area contributed by atoms with Gasteiger partial charge in [-0.05, 0) is 83.2 Å². The summed E-state index contributed by atoms with van der Waals surface area (Å²) in [6.45, 7) is 5.90. The topological polar surface area (TPSA) is 522 Å². The summed E-state index contributed by atoms with van der Waals surface area (Å²) in [5.41, 5.74) is 7.73. The number of primary amides is 1. The molecule has 15 N–H and O–H groups in total. The van der Waals surface area contributed by atoms with Crippen LogP contribution in [-0.2, 0) is 114 Å². The molecule has 0 aliphatic carbocycles. The molecule has 670 valence electrons. The molecule has 124 heavy (non-hydrogen) atoms. The highest BCUT2D eigenvalue weighted by molar-refractivity contribution is 8.00. The fraction of sp³-hybridized carbons (Fsp3) is 0.460. The van der Waals surface area contributed by atoms with Crippen LogP contribution in [0.5, 0.6) is 11.5 Å². The number of benzene rings is 5. The molecule has 0 spiro atoms. The highest BCUT2D eigenvalue weighted by Crippen LogP contribution is 2.23. The van der Waals surface area contributed by atoms with Gasteiger partial charge in [-0.25, -0.2) is 0 Å². The van der Waals surface area contributed by atoms with Gasteiger partial charge in [0.05, 0.1) is 31.8 Å². The smallest absolute Gasteiger partial charge is 0.305 e. The van der Waals surface area contributed by atoms with Crippen molar-refractivity contribution in [3.8, 4) is 11.5 Å². The maximum absolute atomic E-state index is 15.5. The number of carbonyl (C=O) groups excluding carboxylic acids is 15. The van der Waals surface area contributed by atoms with Gasteiger partial charge < -0.3 is 98.5 Å². The van der Waals surface area contributed by atoms with Crippen molar-refractivity contribution in [2.75, 3.05) is 66.4 Å². The molecule has 1 aliphatic heterocycles. The molecule has 0 bridgehead atoms. The minimum atomic E-state index is -1.92. The minimum absolute atomic E-state index is 0.0213. The van der Waals surface area contributed by atoms with Gasteiger partial charge in [-0.3, -0.25) is 81.5 Å². The van der Waals surface area contributed by atoms with E-state index in [0.29, 0.717) is 40.7 Å². The third-order valence-corrected chi connectivity index (χ3v) is 21.6. The Bertz CT molecular complexity index is 4530. The Labute approximate surface area is 724 Å². The molecule has 0 saturated carbocycles. The fourth-order valence-corrected chi connectivity index (χ4v) is 14.6. The number of carbonyl (C=O) groups is 17. The van der Waals surface area contributed by atoms with Crippen molar-refractivity contribution in [1.82, 2.24) is 72.4 Å². The van der Waals surface area contributed by atoms with Gasteiger partial charge in [-0.15, -0.1) is 11.8 Å². The minimum Gasteiger partial charge on any atom is -0.508 e. The first-order valence-electron chi connectivity index (χ1n) is 40.7. The van der Waals surface area contributed by atoms with Crippen LogP contribution in [0, 0.1) is 11.8 Å². The van der Waals surface area contributed by atoms with Crippen LogP contribution in [0.15, 0.2) is 140 Å². The zero-order chi connectivity index (χ0) is 91.6. The highest BCUT2D eigenvalue weighted by Gasteiger charge is 2.42. The van der Waals surface area contributed by atoms with Crippen molar-refractivity contribution >= 4 is 112 Å². The molecule has 36 nitrogen and oxygen atoms in total. The van der Waals surface area contributed by atoms with E-state index in [1.54, 1.807) is 105 Å². The number of aliphatic carboxylic acids is 2. The largest absolute Gasteiger partial charge is 0.508 e. The van der Waals surface area contributed by atoms with Crippen molar-refractivity contribution in [3.05, 3.63) is 167 Å². The Hall–Kier alpha value is -13.0. The number of rotatable bonds is 24. The third kappa shape index (κ3) is 32.1. The Kier molecular flexibility index (Phi) is 39.6. The predicted molar refractivity (Wildman–Crippen MR) is 457 cm³/mol. The second kappa shape index (κ2) is 49.2. The molecule has 5 aromatic rings. The number of likely N-dealkylation sites (N-methyl/N-ethyl adjacent to an activating group) is 5. The van der Waals surface area contributed by atoms with Crippen molar-refractivity contribution in [1.29, 1.82) is 0 Å². The van der Waals surface area contributed by atoms with Gasteiger partial charge in [0.1, 0.15) is 78.0 Å². The molecule has 1 fully saturated rings. The molecule has 0 aromatic heterocycles. The monoisotopic (exact) mass is 1740 g/mol. The van der Waals surface area contributed by atoms with Crippen LogP contribution < -0.4 is 53.6 Å². The number of hydrogen-bond acceptors (Lipinski definition) is 20. The predicted octanol–water partition coefficient (Wildman–Crippen LogP) is 0.467. The number of carboxylic acid groups (broad SMARTS) is 2. The lowest BCUT2D eigenvalue weighted by molar-refractivity contribution is -0.151. The van der Waals surface area contributed by atoms with Gasteiger partial charge in [0.15, 0.2) is 0 Å². The number of hydrogen-bond donors (Lipinski definition) is 14. The maximum Gasteiger partial charge on any atom is 0.305 e. The number of nitrogens with zero attached hydrogens (tertiary/aromatic N) is 5. The van der Waals surface area contributed by atoms with Crippen LogP contribution in [0.25, 0.3) is 0 Å². The summed E-state index contributed by atoms with van der Waals surface area (Å²) in [4.78, 5) is 249. The van der Waals surface area contributed by atoms with E-state index in [0.717, 1.165) is 36.3 Å². The number of thioether (sulfide) groups is 1. The van der Waals surface area contributed by atoms with E-state index in [9.17, 15) is 78.0 Å². The summed E-state index contributed by atoms with van der Waals surface area (Å²) in [7, 11) is 6.37. The van der Waals surface area contributed by atoms with E-state index >= 15 is 24.0 Å². The van der Waals surface area contributed by atoms with Crippen LogP contribution >= 0.6 is 11.8 Å². The maximum atomic E-state index is 15.5. The molecule has 37 heteroatoms.